The number of fused-ring (bicyclic) bond motifs is 2. The number of anilines is 1. The second kappa shape index (κ2) is 17.3. The van der Waals surface area contributed by atoms with Crippen molar-refractivity contribution in [2.24, 2.45) is 5.92 Å². The third-order valence-corrected chi connectivity index (χ3v) is 12.2. The molecule has 5 aromatic rings. The van der Waals surface area contributed by atoms with Gasteiger partial charge in [0.15, 0.2) is 0 Å². The van der Waals surface area contributed by atoms with Gasteiger partial charge < -0.3 is 35.6 Å². The zero-order valence-corrected chi connectivity index (χ0v) is 32.3. The molecule has 3 aliphatic rings. The molecule has 3 aliphatic heterocycles. The first-order chi connectivity index (χ1) is 27.4. The lowest BCUT2D eigenvalue weighted by molar-refractivity contribution is -0.134. The van der Waals surface area contributed by atoms with E-state index in [1.54, 1.807) is 0 Å². The van der Waals surface area contributed by atoms with Crippen LogP contribution in [0.1, 0.15) is 54.7 Å². The van der Waals surface area contributed by atoms with Crippen LogP contribution in [0.25, 0.3) is 21.8 Å². The second-order valence-corrected chi connectivity index (χ2v) is 15.9. The number of aryl methyl sites for hydroxylation is 1. The molecule has 3 saturated heterocycles. The van der Waals surface area contributed by atoms with Crippen molar-refractivity contribution >= 4 is 39.4 Å². The predicted octanol–water partition coefficient (Wildman–Crippen LogP) is 4.30. The lowest BCUT2D eigenvalue weighted by Gasteiger charge is -2.38. The maximum atomic E-state index is 14.3. The van der Waals surface area contributed by atoms with Gasteiger partial charge in [0, 0.05) is 86.4 Å². The van der Waals surface area contributed by atoms with Gasteiger partial charge in [0.2, 0.25) is 5.91 Å². The molecule has 5 N–H and O–H groups in total. The lowest BCUT2D eigenvalue weighted by atomic mass is 9.89. The quantitative estimate of drug-likeness (QED) is 0.134. The number of piperidine rings is 2. The number of nitrogens with zero attached hydrogens (tertiary/aromatic N) is 5. The van der Waals surface area contributed by atoms with E-state index < -0.39 is 0 Å². The van der Waals surface area contributed by atoms with Crippen LogP contribution in [0.3, 0.4) is 0 Å². The highest BCUT2D eigenvalue weighted by molar-refractivity contribution is 5.83. The number of carbonyl (C=O) groups is 2. The third-order valence-electron chi connectivity index (χ3n) is 12.2. The Labute approximate surface area is 327 Å². The number of hydrogen-bond acceptors (Lipinski definition) is 8. The number of pyridine rings is 2. The van der Waals surface area contributed by atoms with Crippen LogP contribution in [0.4, 0.5) is 10.5 Å². The molecule has 6 heterocycles. The molecule has 2 atom stereocenters. The molecule has 8 rings (SSSR count). The normalized spacial score (nSPS) is 18.3. The van der Waals surface area contributed by atoms with Crippen LogP contribution in [-0.2, 0) is 11.2 Å². The maximum Gasteiger partial charge on any atom is 0.317 e. The zero-order chi connectivity index (χ0) is 38.4. The molecule has 13 nitrogen and oxygen atoms in total. The van der Waals surface area contributed by atoms with E-state index in [-0.39, 0.29) is 35.5 Å². The molecule has 2 aromatic carbocycles. The number of nitrogens with one attached hydrogen (secondary N) is 5. The monoisotopic (exact) mass is 758 g/mol. The largest absolute Gasteiger partial charge is 0.368 e. The minimum Gasteiger partial charge on any atom is -0.368 e. The number of H-pyrrole nitrogens is 2. The Kier molecular flexibility index (Phi) is 11.6. The smallest absolute Gasteiger partial charge is 0.317 e. The highest BCUT2D eigenvalue weighted by Gasteiger charge is 2.32. The van der Waals surface area contributed by atoms with E-state index in [0.717, 1.165) is 102 Å². The summed E-state index contributed by atoms with van der Waals surface area (Å²) in [5.41, 5.74) is 5.92. The van der Waals surface area contributed by atoms with Gasteiger partial charge in [-0.05, 0) is 117 Å². The van der Waals surface area contributed by atoms with Crippen LogP contribution in [0.5, 0.6) is 0 Å². The van der Waals surface area contributed by atoms with Crippen molar-refractivity contribution in [3.8, 4) is 0 Å². The van der Waals surface area contributed by atoms with Crippen LogP contribution in [0, 0.1) is 12.8 Å². The molecular formula is C43H54N10O3. The highest BCUT2D eigenvalue weighted by Crippen LogP contribution is 2.28. The number of carbonyl (C=O) groups excluding carboxylic acids is 2. The standard InChI is InChI=1S/C43H54N10O3/c1-29-22-31(23-34-27-47-50-40(29)34)24-35(48-43(56)53-16-10-32(11-17-53)37-26-33-4-2-3-5-38(33)49-41(37)54)28-46-39(25-30-6-12-44-13-7-30)42(55)52-20-18-51(19-21-52)36-8-14-45-15-9-36/h2-5,8-9,14-15,22-23,26-27,30,32,35,39,44,46H,6-7,10-13,16-21,24-25,28H2,1H3,(H,47,50)(H,48,56)(H,49,54)/t35-,39+/m1/s1. The summed E-state index contributed by atoms with van der Waals surface area (Å²) in [6.45, 7) is 8.46. The summed E-state index contributed by atoms with van der Waals surface area (Å²) in [7, 11) is 0. The van der Waals surface area contributed by atoms with Crippen molar-refractivity contribution in [3.63, 3.8) is 0 Å². The summed E-state index contributed by atoms with van der Waals surface area (Å²) >= 11 is 0. The molecule has 3 fully saturated rings. The number of para-hydroxylation sites is 1. The fourth-order valence-electron chi connectivity index (χ4n) is 8.98. The Balaban J connectivity index is 0.960. The van der Waals surface area contributed by atoms with Crippen LogP contribution in [0.15, 0.2) is 78.0 Å². The van der Waals surface area contributed by atoms with Crippen molar-refractivity contribution in [3.05, 3.63) is 100 Å². The number of aromatic amines is 2. The SMILES string of the molecule is Cc1cc(C[C@H](CN[C@@H](CC2CCNCC2)C(=O)N2CCN(c3ccncc3)CC2)NC(=O)N2CCC(c3cc4ccccc4[nH]c3=O)CC2)cc2cn[nH]c12. The number of piperazine rings is 1. The van der Waals surface area contributed by atoms with Crippen molar-refractivity contribution < 1.29 is 9.59 Å². The van der Waals surface area contributed by atoms with Crippen LogP contribution >= 0.6 is 0 Å². The summed E-state index contributed by atoms with van der Waals surface area (Å²) in [6.07, 6.45) is 10.4. The molecule has 56 heavy (non-hydrogen) atoms. The van der Waals surface area contributed by atoms with Gasteiger partial charge >= 0.3 is 6.03 Å². The molecule has 0 spiro atoms. The number of amides is 3. The van der Waals surface area contributed by atoms with Gasteiger partial charge in [-0.25, -0.2) is 4.79 Å². The Morgan fingerprint density at radius 2 is 1.66 bits per heavy atom. The van der Waals surface area contributed by atoms with Crippen molar-refractivity contribution in [1.82, 2.24) is 45.9 Å². The first-order valence-corrected chi connectivity index (χ1v) is 20.4. The van der Waals surface area contributed by atoms with Gasteiger partial charge in [-0.3, -0.25) is 19.7 Å². The lowest BCUT2D eigenvalue weighted by Crippen LogP contribution is -2.57. The zero-order valence-electron chi connectivity index (χ0n) is 32.3. The number of aromatic nitrogens is 4. The van der Waals surface area contributed by atoms with Gasteiger partial charge in [-0.2, -0.15) is 5.10 Å². The molecule has 0 saturated carbocycles. The van der Waals surface area contributed by atoms with Gasteiger partial charge in [0.25, 0.3) is 5.56 Å². The summed E-state index contributed by atoms with van der Waals surface area (Å²) < 4.78 is 0. The number of rotatable bonds is 11. The van der Waals surface area contributed by atoms with E-state index in [4.69, 9.17) is 0 Å². The summed E-state index contributed by atoms with van der Waals surface area (Å²) in [5, 5.41) is 20.0. The van der Waals surface area contributed by atoms with Crippen molar-refractivity contribution in [2.75, 3.05) is 63.8 Å². The van der Waals surface area contributed by atoms with Gasteiger partial charge in [-0.15, -0.1) is 0 Å². The first kappa shape index (κ1) is 37.6. The summed E-state index contributed by atoms with van der Waals surface area (Å²) in [6, 6.07) is 17.5. The molecule has 13 heteroatoms. The van der Waals surface area contributed by atoms with E-state index in [1.807, 2.05) is 70.9 Å². The van der Waals surface area contributed by atoms with Crippen LogP contribution < -0.4 is 26.4 Å². The number of benzene rings is 2. The molecule has 294 valence electrons. The second-order valence-electron chi connectivity index (χ2n) is 15.9. The number of likely N-dealkylation sites (tertiary alicyclic amines) is 1. The van der Waals surface area contributed by atoms with Crippen LogP contribution in [-0.4, -0.2) is 113 Å². The van der Waals surface area contributed by atoms with E-state index in [2.05, 4.69) is 60.1 Å². The van der Waals surface area contributed by atoms with Gasteiger partial charge in [-0.1, -0.05) is 24.3 Å². The minimum atomic E-state index is -0.348. The Hall–Kier alpha value is -5.27. The average Bonchev–Trinajstić information content (AvgIpc) is 3.72. The van der Waals surface area contributed by atoms with Crippen molar-refractivity contribution in [2.45, 2.75) is 63.5 Å². The Bertz CT molecular complexity index is 2170. The molecule has 0 aliphatic carbocycles. The number of urea groups is 1. The van der Waals surface area contributed by atoms with Crippen molar-refractivity contribution in [1.29, 1.82) is 0 Å². The minimum absolute atomic E-state index is 0.0492. The fourth-order valence-corrected chi connectivity index (χ4v) is 8.98. The molecule has 0 radical (unpaired) electrons. The van der Waals surface area contributed by atoms with E-state index in [9.17, 15) is 14.4 Å². The average molecular weight is 759 g/mol. The predicted molar refractivity (Wildman–Crippen MR) is 220 cm³/mol. The Morgan fingerprint density at radius 3 is 2.45 bits per heavy atom. The molecular weight excluding hydrogens is 705 g/mol. The van der Waals surface area contributed by atoms with E-state index in [0.29, 0.717) is 45.1 Å². The highest BCUT2D eigenvalue weighted by atomic mass is 16.2. The summed E-state index contributed by atoms with van der Waals surface area (Å²) in [5.74, 6) is 0.679. The Morgan fingerprint density at radius 1 is 0.893 bits per heavy atom. The maximum absolute atomic E-state index is 14.3. The molecule has 3 amide bonds. The van der Waals surface area contributed by atoms with Crippen LogP contribution in [0.2, 0.25) is 0 Å². The molecule has 0 bridgehead atoms. The molecule has 0 unspecified atom stereocenters. The van der Waals surface area contributed by atoms with Gasteiger partial charge in [0.05, 0.1) is 17.8 Å². The van der Waals surface area contributed by atoms with Gasteiger partial charge in [0.1, 0.15) is 0 Å². The third kappa shape index (κ3) is 8.74. The summed E-state index contributed by atoms with van der Waals surface area (Å²) in [4.78, 5) is 54.8. The fraction of sp³-hybridized carbons (Fsp3) is 0.465. The topological polar surface area (TPSA) is 154 Å². The van der Waals surface area contributed by atoms with E-state index in [1.165, 1.54) is 0 Å². The van der Waals surface area contributed by atoms with E-state index >= 15 is 0 Å². The molecule has 3 aromatic heterocycles. The number of hydrogen-bond donors (Lipinski definition) is 5. The first-order valence-electron chi connectivity index (χ1n) is 20.4.